The molecule has 0 bridgehead atoms. The molecule has 0 aliphatic rings. The summed E-state index contributed by atoms with van der Waals surface area (Å²) in [4.78, 5) is 17.1. The maximum absolute atomic E-state index is 4.47. The van der Waals surface area contributed by atoms with E-state index >= 15 is 0 Å². The van der Waals surface area contributed by atoms with Crippen molar-refractivity contribution in [2.75, 3.05) is 6.54 Å². The highest BCUT2D eigenvalue weighted by molar-refractivity contribution is 5.47. The molecule has 2 heterocycles. The quantitative estimate of drug-likeness (QED) is 0.857. The van der Waals surface area contributed by atoms with Gasteiger partial charge in [-0.3, -0.25) is 4.98 Å². The Kier molecular flexibility index (Phi) is 3.72. The maximum Gasteiger partial charge on any atom is 0.180 e. The van der Waals surface area contributed by atoms with Gasteiger partial charge in [0.1, 0.15) is 5.69 Å². The Labute approximate surface area is 100 Å². The van der Waals surface area contributed by atoms with Crippen LogP contribution in [-0.4, -0.2) is 26.5 Å². The van der Waals surface area contributed by atoms with E-state index in [9.17, 15) is 0 Å². The van der Waals surface area contributed by atoms with Gasteiger partial charge in [0.2, 0.25) is 0 Å². The Balaban J connectivity index is 2.32. The second kappa shape index (κ2) is 5.45. The average Bonchev–Trinajstić information content (AvgIpc) is 2.37. The van der Waals surface area contributed by atoms with E-state index in [1.54, 1.807) is 18.6 Å². The Hall–Kier alpha value is -1.88. The number of nitrogens with zero attached hydrogens (tertiary/aromatic N) is 4. The largest absolute Gasteiger partial charge is 0.311 e. The van der Waals surface area contributed by atoms with Crippen molar-refractivity contribution < 1.29 is 0 Å². The van der Waals surface area contributed by atoms with Crippen LogP contribution >= 0.6 is 0 Å². The number of hydrogen-bond acceptors (Lipinski definition) is 5. The van der Waals surface area contributed by atoms with Gasteiger partial charge in [-0.1, -0.05) is 6.92 Å². The summed E-state index contributed by atoms with van der Waals surface area (Å²) in [5, 5.41) is 3.24. The minimum atomic E-state index is 0.631. The zero-order valence-electron chi connectivity index (χ0n) is 10.0. The van der Waals surface area contributed by atoms with Crippen LogP contribution in [0.5, 0.6) is 0 Å². The number of nitrogens with one attached hydrogen (secondary N) is 1. The molecule has 0 amide bonds. The first-order valence-electron chi connectivity index (χ1n) is 5.61. The third-order valence-corrected chi connectivity index (χ3v) is 2.26. The lowest BCUT2D eigenvalue weighted by atomic mass is 10.3. The highest BCUT2D eigenvalue weighted by Crippen LogP contribution is 2.11. The molecule has 2 aromatic rings. The first-order valence-corrected chi connectivity index (χ1v) is 5.61. The fraction of sp³-hybridized carbons (Fsp3) is 0.333. The smallest absolute Gasteiger partial charge is 0.180 e. The molecule has 0 saturated carbocycles. The van der Waals surface area contributed by atoms with Crippen molar-refractivity contribution in [1.29, 1.82) is 0 Å². The number of aryl methyl sites for hydroxylation is 1. The predicted octanol–water partition coefficient (Wildman–Crippen LogP) is 1.35. The summed E-state index contributed by atoms with van der Waals surface area (Å²) in [7, 11) is 0. The van der Waals surface area contributed by atoms with Crippen molar-refractivity contribution in [3.05, 3.63) is 36.0 Å². The van der Waals surface area contributed by atoms with Crippen LogP contribution in [0.25, 0.3) is 11.5 Å². The normalized spacial score (nSPS) is 10.5. The highest BCUT2D eigenvalue weighted by atomic mass is 15.0. The summed E-state index contributed by atoms with van der Waals surface area (Å²) >= 11 is 0. The molecule has 88 valence electrons. The van der Waals surface area contributed by atoms with Crippen molar-refractivity contribution in [3.8, 4) is 11.5 Å². The molecule has 0 aliphatic carbocycles. The van der Waals surface area contributed by atoms with E-state index in [1.807, 2.05) is 13.0 Å². The van der Waals surface area contributed by atoms with Gasteiger partial charge >= 0.3 is 0 Å². The van der Waals surface area contributed by atoms with Crippen LogP contribution in [0, 0.1) is 6.92 Å². The van der Waals surface area contributed by atoms with E-state index in [2.05, 4.69) is 32.2 Å². The SMILES string of the molecule is CCNCc1cc(C)nc(-c2cnccn2)n1. The maximum atomic E-state index is 4.47. The summed E-state index contributed by atoms with van der Waals surface area (Å²) in [5.41, 5.74) is 2.61. The molecule has 5 nitrogen and oxygen atoms in total. The van der Waals surface area contributed by atoms with Crippen LogP contribution in [0.2, 0.25) is 0 Å². The van der Waals surface area contributed by atoms with E-state index in [0.717, 1.165) is 24.5 Å². The molecule has 17 heavy (non-hydrogen) atoms. The van der Waals surface area contributed by atoms with Gasteiger partial charge in [0, 0.05) is 24.6 Å². The molecule has 0 unspecified atom stereocenters. The van der Waals surface area contributed by atoms with Crippen LogP contribution in [0.15, 0.2) is 24.7 Å². The summed E-state index contributed by atoms with van der Waals surface area (Å²) in [5.74, 6) is 0.631. The van der Waals surface area contributed by atoms with Crippen molar-refractivity contribution in [1.82, 2.24) is 25.3 Å². The molecular formula is C12H15N5. The van der Waals surface area contributed by atoms with Crippen molar-refractivity contribution >= 4 is 0 Å². The summed E-state index contributed by atoms with van der Waals surface area (Å²) in [6.07, 6.45) is 4.95. The van der Waals surface area contributed by atoms with Gasteiger partial charge in [-0.25, -0.2) is 15.0 Å². The van der Waals surface area contributed by atoms with Crippen molar-refractivity contribution in [2.45, 2.75) is 20.4 Å². The molecule has 0 fully saturated rings. The standard InChI is InChI=1S/C12H15N5/c1-3-13-7-10-6-9(2)16-12(17-10)11-8-14-4-5-15-11/h4-6,8,13H,3,7H2,1-2H3. The van der Waals surface area contributed by atoms with Gasteiger partial charge in [0.05, 0.1) is 11.9 Å². The van der Waals surface area contributed by atoms with Gasteiger partial charge < -0.3 is 5.32 Å². The summed E-state index contributed by atoms with van der Waals surface area (Å²) in [6.45, 7) is 5.69. The molecule has 2 aromatic heterocycles. The van der Waals surface area contributed by atoms with E-state index < -0.39 is 0 Å². The van der Waals surface area contributed by atoms with E-state index in [-0.39, 0.29) is 0 Å². The predicted molar refractivity (Wildman–Crippen MR) is 65.2 cm³/mol. The molecule has 2 rings (SSSR count). The van der Waals surface area contributed by atoms with Gasteiger partial charge in [0.25, 0.3) is 0 Å². The van der Waals surface area contributed by atoms with E-state index in [4.69, 9.17) is 0 Å². The van der Waals surface area contributed by atoms with Crippen LogP contribution in [0.3, 0.4) is 0 Å². The second-order valence-electron chi connectivity index (χ2n) is 3.70. The Morgan fingerprint density at radius 3 is 2.82 bits per heavy atom. The van der Waals surface area contributed by atoms with E-state index in [0.29, 0.717) is 11.5 Å². The van der Waals surface area contributed by atoms with Crippen molar-refractivity contribution in [2.24, 2.45) is 0 Å². The molecule has 1 N–H and O–H groups in total. The van der Waals surface area contributed by atoms with Gasteiger partial charge in [-0.2, -0.15) is 0 Å². The van der Waals surface area contributed by atoms with Crippen LogP contribution in [0.4, 0.5) is 0 Å². The minimum Gasteiger partial charge on any atom is -0.311 e. The Morgan fingerprint density at radius 1 is 1.24 bits per heavy atom. The number of aromatic nitrogens is 4. The molecule has 0 atom stereocenters. The number of rotatable bonds is 4. The molecule has 0 spiro atoms. The van der Waals surface area contributed by atoms with Gasteiger partial charge in [0.15, 0.2) is 5.82 Å². The molecule has 0 saturated heterocycles. The van der Waals surface area contributed by atoms with Gasteiger partial charge in [-0.05, 0) is 19.5 Å². The molecule has 0 aliphatic heterocycles. The van der Waals surface area contributed by atoms with Crippen molar-refractivity contribution in [3.63, 3.8) is 0 Å². The zero-order chi connectivity index (χ0) is 12.1. The fourth-order valence-corrected chi connectivity index (χ4v) is 1.51. The zero-order valence-corrected chi connectivity index (χ0v) is 10.0. The highest BCUT2D eigenvalue weighted by Gasteiger charge is 2.05. The van der Waals surface area contributed by atoms with E-state index in [1.165, 1.54) is 0 Å². The Bertz CT molecular complexity index is 484. The average molecular weight is 229 g/mol. The third kappa shape index (κ3) is 3.04. The first kappa shape index (κ1) is 11.6. The third-order valence-electron chi connectivity index (χ3n) is 2.26. The summed E-state index contributed by atoms with van der Waals surface area (Å²) < 4.78 is 0. The summed E-state index contributed by atoms with van der Waals surface area (Å²) in [6, 6.07) is 1.97. The lowest BCUT2D eigenvalue weighted by molar-refractivity contribution is 0.707. The minimum absolute atomic E-state index is 0.631. The van der Waals surface area contributed by atoms with Crippen LogP contribution in [-0.2, 0) is 6.54 Å². The monoisotopic (exact) mass is 229 g/mol. The molecular weight excluding hydrogens is 214 g/mol. The lowest BCUT2D eigenvalue weighted by Gasteiger charge is -2.05. The first-order chi connectivity index (χ1) is 8.29. The van der Waals surface area contributed by atoms with Gasteiger partial charge in [-0.15, -0.1) is 0 Å². The topological polar surface area (TPSA) is 63.6 Å². The van der Waals surface area contributed by atoms with Crippen LogP contribution in [0.1, 0.15) is 18.3 Å². The molecule has 0 radical (unpaired) electrons. The number of hydrogen-bond donors (Lipinski definition) is 1. The lowest BCUT2D eigenvalue weighted by Crippen LogP contribution is -2.14. The van der Waals surface area contributed by atoms with Crippen LogP contribution < -0.4 is 5.32 Å². The molecule has 5 heteroatoms. The second-order valence-corrected chi connectivity index (χ2v) is 3.70. The molecule has 0 aromatic carbocycles. The fourth-order valence-electron chi connectivity index (χ4n) is 1.51. The Morgan fingerprint density at radius 2 is 2.12 bits per heavy atom.